The summed E-state index contributed by atoms with van der Waals surface area (Å²) in [5, 5.41) is 4.95. The van der Waals surface area contributed by atoms with E-state index < -0.39 is 24.4 Å². The smallest absolute Gasteiger partial charge is 0.325 e. The number of rotatable bonds is 7. The maximum absolute atomic E-state index is 12.0. The third-order valence-electron chi connectivity index (χ3n) is 3.62. The number of esters is 1. The summed E-state index contributed by atoms with van der Waals surface area (Å²) in [5.41, 5.74) is 2.07. The summed E-state index contributed by atoms with van der Waals surface area (Å²) in [5.74, 6) is -1.93. The van der Waals surface area contributed by atoms with Crippen LogP contribution in [0, 0.1) is 6.92 Å². The van der Waals surface area contributed by atoms with Gasteiger partial charge in [-0.3, -0.25) is 19.2 Å². The Morgan fingerprint density at radius 2 is 1.74 bits per heavy atom. The molecule has 7 heteroatoms. The molecule has 7 nitrogen and oxygen atoms in total. The van der Waals surface area contributed by atoms with Gasteiger partial charge >= 0.3 is 5.97 Å². The highest BCUT2D eigenvalue weighted by molar-refractivity contribution is 6.04. The molecule has 2 aromatic rings. The van der Waals surface area contributed by atoms with E-state index in [1.807, 2.05) is 13.0 Å². The Hall–Kier alpha value is -3.48. The lowest BCUT2D eigenvalue weighted by molar-refractivity contribution is -0.146. The summed E-state index contributed by atoms with van der Waals surface area (Å²) in [7, 11) is 0. The molecule has 0 heterocycles. The largest absolute Gasteiger partial charge is 0.454 e. The van der Waals surface area contributed by atoms with Gasteiger partial charge in [-0.25, -0.2) is 0 Å². The molecule has 0 atom stereocenters. The molecular formula is C20H20N2O5. The normalized spacial score (nSPS) is 10.0. The predicted octanol–water partition coefficient (Wildman–Crippen LogP) is 2.11. The summed E-state index contributed by atoms with van der Waals surface area (Å²) in [6.45, 7) is 2.37. The van der Waals surface area contributed by atoms with Crippen molar-refractivity contribution >= 4 is 29.3 Å². The van der Waals surface area contributed by atoms with E-state index in [-0.39, 0.29) is 12.3 Å². The molecule has 0 bridgehead atoms. The van der Waals surface area contributed by atoms with E-state index in [1.54, 1.807) is 42.5 Å². The summed E-state index contributed by atoms with van der Waals surface area (Å²) >= 11 is 0. The average Bonchev–Trinajstić information content (AvgIpc) is 2.64. The molecule has 0 fully saturated rings. The number of hydrogen-bond acceptors (Lipinski definition) is 5. The van der Waals surface area contributed by atoms with Crippen LogP contribution >= 0.6 is 0 Å². The molecule has 0 unspecified atom stereocenters. The van der Waals surface area contributed by atoms with E-state index in [2.05, 4.69) is 10.6 Å². The fourth-order valence-corrected chi connectivity index (χ4v) is 2.32. The Morgan fingerprint density at radius 1 is 1.00 bits per heavy atom. The highest BCUT2D eigenvalue weighted by atomic mass is 16.5. The second-order valence-corrected chi connectivity index (χ2v) is 5.86. The number of Topliss-reactive ketones (excluding diaryl/α,β-unsaturated/α-hetero) is 1. The number of hydrogen-bond donors (Lipinski definition) is 2. The molecule has 0 saturated heterocycles. The van der Waals surface area contributed by atoms with Crippen molar-refractivity contribution in [3.05, 3.63) is 65.2 Å². The Balaban J connectivity index is 1.79. The number of nitrogens with one attached hydrogen (secondary N) is 2. The second-order valence-electron chi connectivity index (χ2n) is 5.86. The molecule has 2 rings (SSSR count). The Bertz CT molecular complexity index is 876. The number of ketones is 1. The van der Waals surface area contributed by atoms with Crippen LogP contribution in [0.2, 0.25) is 0 Å². The molecule has 140 valence electrons. The van der Waals surface area contributed by atoms with E-state index in [9.17, 15) is 19.2 Å². The first kappa shape index (κ1) is 19.8. The highest BCUT2D eigenvalue weighted by Gasteiger charge is 2.13. The van der Waals surface area contributed by atoms with Crippen LogP contribution in [-0.2, 0) is 14.3 Å². The molecule has 0 spiro atoms. The van der Waals surface area contributed by atoms with Crippen LogP contribution in [0.15, 0.2) is 48.5 Å². The number of carbonyl (C=O) groups is 4. The van der Waals surface area contributed by atoms with Gasteiger partial charge in [0.05, 0.1) is 5.69 Å². The van der Waals surface area contributed by atoms with Gasteiger partial charge in [-0.2, -0.15) is 0 Å². The number of para-hydroxylation sites is 1. The van der Waals surface area contributed by atoms with E-state index in [1.165, 1.54) is 6.92 Å². The minimum atomic E-state index is -0.744. The van der Waals surface area contributed by atoms with Crippen LogP contribution in [0.1, 0.15) is 33.2 Å². The summed E-state index contributed by atoms with van der Waals surface area (Å²) in [6, 6.07) is 13.5. The molecule has 27 heavy (non-hydrogen) atoms. The van der Waals surface area contributed by atoms with Crippen molar-refractivity contribution in [2.24, 2.45) is 0 Å². The number of aryl methyl sites for hydroxylation is 1. The third-order valence-corrected chi connectivity index (χ3v) is 3.62. The van der Waals surface area contributed by atoms with Gasteiger partial charge in [0.25, 0.3) is 11.8 Å². The van der Waals surface area contributed by atoms with Crippen molar-refractivity contribution in [2.45, 2.75) is 13.8 Å². The fourth-order valence-electron chi connectivity index (χ4n) is 2.32. The summed E-state index contributed by atoms with van der Waals surface area (Å²) in [4.78, 5) is 47.1. The van der Waals surface area contributed by atoms with Crippen molar-refractivity contribution in [1.82, 2.24) is 5.32 Å². The van der Waals surface area contributed by atoms with Crippen molar-refractivity contribution < 1.29 is 23.9 Å². The van der Waals surface area contributed by atoms with Gasteiger partial charge < -0.3 is 15.4 Å². The number of anilines is 1. The molecule has 0 saturated carbocycles. The molecule has 0 aliphatic rings. The Morgan fingerprint density at radius 3 is 2.44 bits per heavy atom. The fraction of sp³-hybridized carbons (Fsp3) is 0.200. The van der Waals surface area contributed by atoms with Gasteiger partial charge in [-0.05, 0) is 38.1 Å². The SMILES string of the molecule is CC(=O)c1ccccc1NC(=O)COC(=O)CNC(=O)c1cccc(C)c1. The van der Waals surface area contributed by atoms with Crippen molar-refractivity contribution in [2.75, 3.05) is 18.5 Å². The maximum atomic E-state index is 12.0. The van der Waals surface area contributed by atoms with Crippen LogP contribution in [0.4, 0.5) is 5.69 Å². The van der Waals surface area contributed by atoms with Crippen molar-refractivity contribution in [3.8, 4) is 0 Å². The molecule has 2 aromatic carbocycles. The quantitative estimate of drug-likeness (QED) is 0.576. The monoisotopic (exact) mass is 368 g/mol. The van der Waals surface area contributed by atoms with Crippen molar-refractivity contribution in [1.29, 1.82) is 0 Å². The minimum Gasteiger partial charge on any atom is -0.454 e. The van der Waals surface area contributed by atoms with Gasteiger partial charge in [-0.15, -0.1) is 0 Å². The topological polar surface area (TPSA) is 102 Å². The Kier molecular flexibility index (Phi) is 6.82. The van der Waals surface area contributed by atoms with Crippen LogP contribution < -0.4 is 10.6 Å². The maximum Gasteiger partial charge on any atom is 0.325 e. The predicted molar refractivity (Wildman–Crippen MR) is 99.5 cm³/mol. The standard InChI is InChI=1S/C20H20N2O5/c1-13-6-5-7-15(10-13)20(26)21-11-19(25)27-12-18(24)22-17-9-4-3-8-16(17)14(2)23/h3-10H,11-12H2,1-2H3,(H,21,26)(H,22,24). The van der Waals surface area contributed by atoms with Crippen LogP contribution in [0.25, 0.3) is 0 Å². The molecule has 2 N–H and O–H groups in total. The zero-order valence-electron chi connectivity index (χ0n) is 15.1. The molecule has 0 radical (unpaired) electrons. The lowest BCUT2D eigenvalue weighted by atomic mass is 10.1. The van der Waals surface area contributed by atoms with E-state index in [4.69, 9.17) is 4.74 Å². The van der Waals surface area contributed by atoms with Gasteiger partial charge in [0, 0.05) is 11.1 Å². The lowest BCUT2D eigenvalue weighted by Gasteiger charge is -2.10. The first-order valence-corrected chi connectivity index (χ1v) is 8.27. The van der Waals surface area contributed by atoms with Gasteiger partial charge in [0.1, 0.15) is 6.54 Å². The zero-order valence-corrected chi connectivity index (χ0v) is 15.1. The molecule has 0 aromatic heterocycles. The third kappa shape index (κ3) is 6.07. The van der Waals surface area contributed by atoms with E-state index in [0.29, 0.717) is 16.8 Å². The van der Waals surface area contributed by atoms with Crippen LogP contribution in [-0.4, -0.2) is 36.7 Å². The molecular weight excluding hydrogens is 348 g/mol. The Labute approximate surface area is 156 Å². The second kappa shape index (κ2) is 9.28. The number of benzene rings is 2. The van der Waals surface area contributed by atoms with E-state index in [0.717, 1.165) is 5.56 Å². The summed E-state index contributed by atoms with van der Waals surface area (Å²) in [6.07, 6.45) is 0. The molecule has 0 aliphatic heterocycles. The number of carbonyl (C=O) groups excluding carboxylic acids is 4. The summed E-state index contributed by atoms with van der Waals surface area (Å²) < 4.78 is 4.84. The van der Waals surface area contributed by atoms with Gasteiger partial charge in [0.15, 0.2) is 12.4 Å². The lowest BCUT2D eigenvalue weighted by Crippen LogP contribution is -2.32. The van der Waals surface area contributed by atoms with Crippen LogP contribution in [0.3, 0.4) is 0 Å². The van der Waals surface area contributed by atoms with Gasteiger partial charge in [-0.1, -0.05) is 29.8 Å². The van der Waals surface area contributed by atoms with E-state index >= 15 is 0 Å². The number of amides is 2. The minimum absolute atomic E-state index is 0.193. The zero-order chi connectivity index (χ0) is 19.8. The van der Waals surface area contributed by atoms with Crippen molar-refractivity contribution in [3.63, 3.8) is 0 Å². The van der Waals surface area contributed by atoms with Gasteiger partial charge in [0.2, 0.25) is 0 Å². The van der Waals surface area contributed by atoms with Crippen LogP contribution in [0.5, 0.6) is 0 Å². The molecule has 0 aliphatic carbocycles. The highest BCUT2D eigenvalue weighted by Crippen LogP contribution is 2.15. The first-order valence-electron chi connectivity index (χ1n) is 8.27. The molecule has 2 amide bonds. The first-order chi connectivity index (χ1) is 12.9. The average molecular weight is 368 g/mol. The number of ether oxygens (including phenoxy) is 1.